The molecule has 0 unspecified atom stereocenters. The number of nitrogens with zero attached hydrogens (tertiary/aromatic N) is 2. The van der Waals surface area contributed by atoms with E-state index in [1.165, 1.54) is 12.8 Å². The molecule has 6 nitrogen and oxygen atoms in total. The van der Waals surface area contributed by atoms with Crippen LogP contribution in [0.2, 0.25) is 0 Å². The molecule has 1 N–H and O–H groups in total. The van der Waals surface area contributed by atoms with Gasteiger partial charge in [0.2, 0.25) is 0 Å². The highest BCUT2D eigenvalue weighted by molar-refractivity contribution is 6.04. The fraction of sp³-hybridized carbons (Fsp3) is 0.500. The van der Waals surface area contributed by atoms with Crippen molar-refractivity contribution in [2.24, 2.45) is 0 Å². The van der Waals surface area contributed by atoms with E-state index in [4.69, 9.17) is 9.47 Å². The summed E-state index contributed by atoms with van der Waals surface area (Å²) in [5.41, 5.74) is 1.45. The van der Waals surface area contributed by atoms with Crippen LogP contribution in [0.3, 0.4) is 0 Å². The molecule has 0 aliphatic heterocycles. The van der Waals surface area contributed by atoms with E-state index in [9.17, 15) is 4.79 Å². The predicted octanol–water partition coefficient (Wildman–Crippen LogP) is 4.36. The molecule has 1 aliphatic carbocycles. The van der Waals surface area contributed by atoms with Crippen molar-refractivity contribution in [1.82, 2.24) is 9.78 Å². The van der Waals surface area contributed by atoms with Gasteiger partial charge in [-0.15, -0.1) is 0 Å². The molecule has 0 bridgehead atoms. The first kappa shape index (κ1) is 18.3. The molecule has 0 saturated heterocycles. The minimum Gasteiger partial charge on any atom is -0.490 e. The first-order valence-corrected chi connectivity index (χ1v) is 9.39. The van der Waals surface area contributed by atoms with Gasteiger partial charge in [0.1, 0.15) is 5.82 Å². The number of nitrogens with one attached hydrogen (secondary N) is 1. The number of amides is 1. The molecule has 1 aromatic carbocycles. The van der Waals surface area contributed by atoms with Crippen molar-refractivity contribution < 1.29 is 14.3 Å². The average molecular weight is 357 g/mol. The minimum absolute atomic E-state index is 0.173. The van der Waals surface area contributed by atoms with Gasteiger partial charge >= 0.3 is 0 Å². The zero-order chi connectivity index (χ0) is 18.5. The van der Waals surface area contributed by atoms with Crippen LogP contribution in [0.4, 0.5) is 5.82 Å². The van der Waals surface area contributed by atoms with Crippen molar-refractivity contribution in [2.75, 3.05) is 18.5 Å². The van der Waals surface area contributed by atoms with Crippen LogP contribution in [-0.2, 0) is 0 Å². The predicted molar refractivity (Wildman–Crippen MR) is 101 cm³/mol. The van der Waals surface area contributed by atoms with Gasteiger partial charge in [0.25, 0.3) is 5.91 Å². The molecule has 1 saturated carbocycles. The number of carbonyl (C=O) groups excluding carboxylic acids is 1. The topological polar surface area (TPSA) is 65.4 Å². The maximum absolute atomic E-state index is 12.8. The third kappa shape index (κ3) is 4.00. The summed E-state index contributed by atoms with van der Waals surface area (Å²) in [4.78, 5) is 12.8. The maximum Gasteiger partial charge on any atom is 0.256 e. The van der Waals surface area contributed by atoms with E-state index in [0.717, 1.165) is 24.4 Å². The molecule has 3 rings (SSSR count). The van der Waals surface area contributed by atoms with Gasteiger partial charge in [0.05, 0.1) is 24.9 Å². The first-order valence-electron chi connectivity index (χ1n) is 9.39. The van der Waals surface area contributed by atoms with Gasteiger partial charge in [-0.25, -0.2) is 4.68 Å². The van der Waals surface area contributed by atoms with Gasteiger partial charge in [-0.05, 0) is 51.8 Å². The van der Waals surface area contributed by atoms with Crippen LogP contribution < -0.4 is 14.8 Å². The molecule has 0 atom stereocenters. The van der Waals surface area contributed by atoms with Gasteiger partial charge in [0, 0.05) is 11.6 Å². The van der Waals surface area contributed by atoms with Gasteiger partial charge in [-0.1, -0.05) is 12.8 Å². The van der Waals surface area contributed by atoms with Gasteiger partial charge in [-0.2, -0.15) is 5.10 Å². The van der Waals surface area contributed by atoms with Crippen molar-refractivity contribution in [3.05, 3.63) is 35.5 Å². The fourth-order valence-electron chi connectivity index (χ4n) is 3.42. The Hall–Kier alpha value is -2.50. The van der Waals surface area contributed by atoms with Crippen LogP contribution in [0.15, 0.2) is 24.3 Å². The molecule has 1 aliphatic rings. The number of aryl methyl sites for hydroxylation is 1. The second-order valence-electron chi connectivity index (χ2n) is 6.54. The summed E-state index contributed by atoms with van der Waals surface area (Å²) in [7, 11) is 0. The quantitative estimate of drug-likeness (QED) is 0.800. The first-order chi connectivity index (χ1) is 12.6. The molecule has 6 heteroatoms. The Labute approximate surface area is 154 Å². The third-order valence-corrected chi connectivity index (χ3v) is 4.58. The van der Waals surface area contributed by atoms with Crippen molar-refractivity contribution >= 4 is 11.7 Å². The highest BCUT2D eigenvalue weighted by Crippen LogP contribution is 2.32. The summed E-state index contributed by atoms with van der Waals surface area (Å²) < 4.78 is 13.1. The van der Waals surface area contributed by atoms with E-state index in [1.807, 2.05) is 31.5 Å². The number of aromatic nitrogens is 2. The number of benzene rings is 1. The largest absolute Gasteiger partial charge is 0.490 e. The summed E-state index contributed by atoms with van der Waals surface area (Å²) >= 11 is 0. The molecule has 1 heterocycles. The van der Waals surface area contributed by atoms with E-state index < -0.39 is 0 Å². The number of hydrogen-bond acceptors (Lipinski definition) is 4. The monoisotopic (exact) mass is 357 g/mol. The van der Waals surface area contributed by atoms with Crippen molar-refractivity contribution in [3.8, 4) is 11.5 Å². The summed E-state index contributed by atoms with van der Waals surface area (Å²) in [5, 5.41) is 7.59. The molecule has 140 valence electrons. The highest BCUT2D eigenvalue weighted by atomic mass is 16.5. The van der Waals surface area contributed by atoms with Gasteiger partial charge in [0.15, 0.2) is 11.5 Å². The van der Waals surface area contributed by atoms with Crippen molar-refractivity contribution in [3.63, 3.8) is 0 Å². The lowest BCUT2D eigenvalue weighted by molar-refractivity contribution is 0.102. The molecule has 1 amide bonds. The Kier molecular flexibility index (Phi) is 5.81. The molecular formula is C20H27N3O3. The third-order valence-electron chi connectivity index (χ3n) is 4.58. The van der Waals surface area contributed by atoms with Gasteiger partial charge in [-0.3, -0.25) is 4.79 Å². The Balaban J connectivity index is 1.81. The average Bonchev–Trinajstić information content (AvgIpc) is 3.26. The van der Waals surface area contributed by atoms with E-state index in [-0.39, 0.29) is 5.91 Å². The Morgan fingerprint density at radius 1 is 1.15 bits per heavy atom. The van der Waals surface area contributed by atoms with Crippen LogP contribution in [-0.4, -0.2) is 28.9 Å². The second kappa shape index (κ2) is 8.25. The molecule has 2 aromatic rings. The Morgan fingerprint density at radius 2 is 1.85 bits per heavy atom. The smallest absolute Gasteiger partial charge is 0.256 e. The molecular weight excluding hydrogens is 330 g/mol. The van der Waals surface area contributed by atoms with E-state index in [0.29, 0.717) is 36.3 Å². The highest BCUT2D eigenvalue weighted by Gasteiger charge is 2.22. The zero-order valence-corrected chi connectivity index (χ0v) is 15.7. The van der Waals surface area contributed by atoms with E-state index in [1.54, 1.807) is 18.2 Å². The standard InChI is InChI=1S/C20H27N3O3/c1-4-25-17-11-10-15(13-18(17)26-5-2)20(24)21-19-12-14(3)22-23(19)16-8-6-7-9-16/h10-13,16H,4-9H2,1-3H3,(H,21,24). The summed E-state index contributed by atoms with van der Waals surface area (Å²) in [5.74, 6) is 1.82. The van der Waals surface area contributed by atoms with E-state index >= 15 is 0 Å². The van der Waals surface area contributed by atoms with Crippen LogP contribution in [0.25, 0.3) is 0 Å². The maximum atomic E-state index is 12.8. The summed E-state index contributed by atoms with van der Waals surface area (Å²) in [6.07, 6.45) is 4.66. The van der Waals surface area contributed by atoms with Gasteiger partial charge < -0.3 is 14.8 Å². The Bertz CT molecular complexity index is 764. The summed E-state index contributed by atoms with van der Waals surface area (Å²) in [6.45, 7) is 6.84. The number of carbonyl (C=O) groups is 1. The van der Waals surface area contributed by atoms with Crippen LogP contribution in [0.5, 0.6) is 11.5 Å². The normalized spacial score (nSPS) is 14.4. The number of ether oxygens (including phenoxy) is 2. The molecule has 26 heavy (non-hydrogen) atoms. The van der Waals surface area contributed by atoms with E-state index in [2.05, 4.69) is 10.4 Å². The molecule has 0 radical (unpaired) electrons. The lowest BCUT2D eigenvalue weighted by Gasteiger charge is -2.15. The van der Waals surface area contributed by atoms with Crippen molar-refractivity contribution in [2.45, 2.75) is 52.5 Å². The molecule has 1 aromatic heterocycles. The van der Waals surface area contributed by atoms with Crippen LogP contribution in [0, 0.1) is 6.92 Å². The number of anilines is 1. The second-order valence-corrected chi connectivity index (χ2v) is 6.54. The molecule has 0 spiro atoms. The number of hydrogen-bond donors (Lipinski definition) is 1. The fourth-order valence-corrected chi connectivity index (χ4v) is 3.42. The lowest BCUT2D eigenvalue weighted by Crippen LogP contribution is -2.18. The minimum atomic E-state index is -0.173. The van der Waals surface area contributed by atoms with Crippen LogP contribution >= 0.6 is 0 Å². The molecule has 1 fully saturated rings. The number of rotatable bonds is 7. The Morgan fingerprint density at radius 3 is 2.54 bits per heavy atom. The summed E-state index contributed by atoms with van der Waals surface area (Å²) in [6, 6.07) is 7.56. The lowest BCUT2D eigenvalue weighted by atomic mass is 10.2. The SMILES string of the molecule is CCOc1ccc(C(=O)Nc2cc(C)nn2C2CCCC2)cc1OCC. The van der Waals surface area contributed by atoms with Crippen molar-refractivity contribution in [1.29, 1.82) is 0 Å². The van der Waals surface area contributed by atoms with Crippen LogP contribution in [0.1, 0.15) is 61.6 Å². The zero-order valence-electron chi connectivity index (χ0n) is 15.7.